The van der Waals surface area contributed by atoms with Crippen molar-refractivity contribution in [2.24, 2.45) is 0 Å². The fraction of sp³-hybridized carbons (Fsp3) is 0.316. The van der Waals surface area contributed by atoms with Gasteiger partial charge in [0.1, 0.15) is 12.6 Å². The maximum absolute atomic E-state index is 12.7. The number of carbonyl (C=O) groups is 3. The molecule has 180 valence electrons. The van der Waals surface area contributed by atoms with E-state index in [-0.39, 0.29) is 11.7 Å². The first-order valence-corrected chi connectivity index (χ1v) is 13.1. The lowest BCUT2D eigenvalue weighted by atomic mass is 10.1. The molecular weight excluding hydrogens is 543 g/mol. The Morgan fingerprint density at radius 2 is 2.00 bits per heavy atom. The summed E-state index contributed by atoms with van der Waals surface area (Å²) in [5.74, 6) is -1.32. The van der Waals surface area contributed by atoms with Crippen molar-refractivity contribution in [1.82, 2.24) is 30.5 Å². The van der Waals surface area contributed by atoms with Crippen LogP contribution in [0.1, 0.15) is 17.0 Å². The lowest BCUT2D eigenvalue weighted by Gasteiger charge is -2.15. The van der Waals surface area contributed by atoms with Gasteiger partial charge in [0.2, 0.25) is 5.16 Å². The number of carboxylic acid groups (broad SMARTS) is 1. The van der Waals surface area contributed by atoms with Crippen LogP contribution in [0, 0.1) is 6.92 Å². The number of aryl methyl sites for hydroxylation is 2. The molecule has 0 aliphatic heterocycles. The van der Waals surface area contributed by atoms with Gasteiger partial charge in [0.25, 0.3) is 5.24 Å². The number of halogens is 2. The number of Topliss-reactive ketones (excluding diaryl/α,β-unsaturated/α-hetero) is 1. The van der Waals surface area contributed by atoms with E-state index in [0.717, 1.165) is 38.9 Å². The second-order valence-electron chi connectivity index (χ2n) is 6.76. The van der Waals surface area contributed by atoms with Gasteiger partial charge in [-0.15, -0.1) is 21.5 Å². The van der Waals surface area contributed by atoms with Crippen molar-refractivity contribution in [2.45, 2.75) is 42.4 Å². The van der Waals surface area contributed by atoms with Crippen LogP contribution in [0.5, 0.6) is 0 Å². The summed E-state index contributed by atoms with van der Waals surface area (Å²) in [5.41, 5.74) is 2.65. The van der Waals surface area contributed by atoms with Gasteiger partial charge in [-0.25, -0.2) is 4.98 Å². The quantitative estimate of drug-likeness (QED) is 0.353. The first-order valence-electron chi connectivity index (χ1n) is 9.69. The highest BCUT2D eigenvalue weighted by Gasteiger charge is 2.25. The number of hydrogen-bond acceptors (Lipinski definition) is 10. The average molecular weight is 561 g/mol. The number of benzene rings is 1. The third kappa shape index (κ3) is 7.67. The maximum Gasteiger partial charge on any atom is 0.305 e. The van der Waals surface area contributed by atoms with Crippen LogP contribution in [-0.2, 0) is 22.6 Å². The van der Waals surface area contributed by atoms with Crippen molar-refractivity contribution in [3.8, 4) is 0 Å². The summed E-state index contributed by atoms with van der Waals surface area (Å²) in [6, 6.07) is 3.80. The molecule has 0 aliphatic carbocycles. The van der Waals surface area contributed by atoms with Crippen LogP contribution >= 0.6 is 58.1 Å². The van der Waals surface area contributed by atoms with E-state index in [1.807, 2.05) is 6.92 Å². The van der Waals surface area contributed by atoms with Gasteiger partial charge in [-0.2, -0.15) is 4.80 Å². The van der Waals surface area contributed by atoms with E-state index in [1.165, 1.54) is 11.3 Å². The Morgan fingerprint density at radius 3 is 2.65 bits per heavy atom. The third-order valence-corrected chi connectivity index (χ3v) is 7.94. The Kier molecular flexibility index (Phi) is 9.71. The second kappa shape index (κ2) is 12.5. The average Bonchev–Trinajstić information content (AvgIpc) is 3.38. The summed E-state index contributed by atoms with van der Waals surface area (Å²) in [6.45, 7) is 1.52. The van der Waals surface area contributed by atoms with Crippen molar-refractivity contribution in [1.29, 1.82) is 0 Å². The molecule has 1 atom stereocenters. The maximum atomic E-state index is 12.7. The molecule has 1 aromatic carbocycles. The highest BCUT2D eigenvalue weighted by atomic mass is 35.5. The standard InChI is InChI=1S/C19H18Cl2N6O4S3/c1-10-15(33-9-22-10)5-6-32-19(31)23-13(7-16(29)30)14(28)8-27-25-18(24-26-27)34-17-11(20)3-2-4-12(17)21/h2-4,9,13H,5-8H2,1H3,(H,23,31)(H,29,30). The van der Waals surface area contributed by atoms with Gasteiger partial charge in [-0.3, -0.25) is 14.4 Å². The number of tetrazole rings is 1. The van der Waals surface area contributed by atoms with Crippen molar-refractivity contribution >= 4 is 75.1 Å². The molecule has 15 heteroatoms. The highest BCUT2D eigenvalue weighted by Crippen LogP contribution is 2.36. The fourth-order valence-corrected chi connectivity index (χ4v) is 5.65. The molecule has 3 aromatic rings. The third-order valence-electron chi connectivity index (χ3n) is 4.31. The van der Waals surface area contributed by atoms with Crippen molar-refractivity contribution in [3.05, 3.63) is 44.3 Å². The molecule has 10 nitrogen and oxygen atoms in total. The molecule has 0 saturated carbocycles. The van der Waals surface area contributed by atoms with Gasteiger partial charge < -0.3 is 10.4 Å². The molecule has 0 saturated heterocycles. The Hall–Kier alpha value is -2.19. The number of nitrogens with one attached hydrogen (secondary N) is 1. The number of carboxylic acids is 1. The van der Waals surface area contributed by atoms with E-state index in [2.05, 4.69) is 25.7 Å². The van der Waals surface area contributed by atoms with Crippen LogP contribution in [0.2, 0.25) is 10.0 Å². The van der Waals surface area contributed by atoms with Crippen molar-refractivity contribution < 1.29 is 19.5 Å². The number of nitrogens with zero attached hydrogens (tertiary/aromatic N) is 5. The molecule has 1 amide bonds. The van der Waals surface area contributed by atoms with Crippen LogP contribution in [0.15, 0.2) is 33.8 Å². The molecule has 0 bridgehead atoms. The lowest BCUT2D eigenvalue weighted by Crippen LogP contribution is -2.42. The van der Waals surface area contributed by atoms with E-state index >= 15 is 0 Å². The zero-order valence-corrected chi connectivity index (χ0v) is 21.6. The summed E-state index contributed by atoms with van der Waals surface area (Å²) in [5, 5.41) is 24.0. The van der Waals surface area contributed by atoms with Crippen molar-refractivity contribution in [2.75, 3.05) is 5.75 Å². The van der Waals surface area contributed by atoms with Gasteiger partial charge in [0, 0.05) is 10.6 Å². The monoisotopic (exact) mass is 560 g/mol. The normalized spacial score (nSPS) is 11.9. The SMILES string of the molecule is Cc1ncsc1CCSC(=O)NC(CC(=O)O)C(=O)Cn1nnc(Sc2c(Cl)cccc2Cl)n1. The minimum absolute atomic E-state index is 0.204. The van der Waals surface area contributed by atoms with Crippen LogP contribution in [0.3, 0.4) is 0 Å². The molecule has 1 unspecified atom stereocenters. The molecule has 0 fully saturated rings. The Morgan fingerprint density at radius 1 is 1.26 bits per heavy atom. The molecule has 2 N–H and O–H groups in total. The molecule has 34 heavy (non-hydrogen) atoms. The first-order chi connectivity index (χ1) is 16.2. The van der Waals surface area contributed by atoms with Gasteiger partial charge in [0.15, 0.2) is 5.78 Å². The van der Waals surface area contributed by atoms with E-state index < -0.39 is 29.5 Å². The van der Waals surface area contributed by atoms with E-state index in [0.29, 0.717) is 27.1 Å². The largest absolute Gasteiger partial charge is 0.481 e. The van der Waals surface area contributed by atoms with E-state index in [1.54, 1.807) is 23.7 Å². The van der Waals surface area contributed by atoms with E-state index in [9.17, 15) is 14.4 Å². The molecule has 2 heterocycles. The molecular formula is C19H18Cl2N6O4S3. The van der Waals surface area contributed by atoms with Gasteiger partial charge in [-0.05, 0) is 42.5 Å². The Labute approximate surface area is 216 Å². The number of aromatic nitrogens is 5. The summed E-state index contributed by atoms with van der Waals surface area (Å²) >= 11 is 15.8. The lowest BCUT2D eigenvalue weighted by molar-refractivity contribution is -0.139. The molecule has 0 spiro atoms. The predicted molar refractivity (Wildman–Crippen MR) is 131 cm³/mol. The molecule has 0 radical (unpaired) electrons. The number of hydrogen-bond donors (Lipinski definition) is 2. The minimum Gasteiger partial charge on any atom is -0.481 e. The summed E-state index contributed by atoms with van der Waals surface area (Å²) in [6.07, 6.45) is 0.0789. The van der Waals surface area contributed by atoms with Crippen LogP contribution in [0.4, 0.5) is 4.79 Å². The van der Waals surface area contributed by atoms with E-state index in [4.69, 9.17) is 28.3 Å². The number of rotatable bonds is 11. The number of aliphatic carboxylic acids is 1. The van der Waals surface area contributed by atoms with Crippen LogP contribution < -0.4 is 5.32 Å². The highest BCUT2D eigenvalue weighted by molar-refractivity contribution is 8.13. The topological polar surface area (TPSA) is 140 Å². The second-order valence-corrected chi connectivity index (χ2v) is 10.6. The summed E-state index contributed by atoms with van der Waals surface area (Å²) in [4.78, 5) is 43.0. The first kappa shape index (κ1) is 26.4. The Balaban J connectivity index is 1.57. The molecule has 2 aromatic heterocycles. The fourth-order valence-electron chi connectivity index (χ4n) is 2.66. The summed E-state index contributed by atoms with van der Waals surface area (Å²) in [7, 11) is 0. The van der Waals surface area contributed by atoms with Crippen LogP contribution in [-0.4, -0.2) is 59.1 Å². The van der Waals surface area contributed by atoms with Crippen molar-refractivity contribution in [3.63, 3.8) is 0 Å². The number of carbonyl (C=O) groups excluding carboxylic acids is 2. The predicted octanol–water partition coefficient (Wildman–Crippen LogP) is 3.99. The Bertz CT molecular complexity index is 1170. The number of ketones is 1. The van der Waals surface area contributed by atoms with Gasteiger partial charge in [0.05, 0.1) is 32.6 Å². The zero-order valence-electron chi connectivity index (χ0n) is 17.6. The van der Waals surface area contributed by atoms with Crippen LogP contribution in [0.25, 0.3) is 0 Å². The smallest absolute Gasteiger partial charge is 0.305 e. The van der Waals surface area contributed by atoms with Gasteiger partial charge >= 0.3 is 5.97 Å². The zero-order chi connectivity index (χ0) is 24.7. The minimum atomic E-state index is -1.23. The summed E-state index contributed by atoms with van der Waals surface area (Å²) < 4.78 is 0. The number of amides is 1. The number of thioether (sulfide) groups is 1. The molecule has 3 rings (SSSR count). The van der Waals surface area contributed by atoms with Gasteiger partial charge in [-0.1, -0.05) is 41.0 Å². The molecule has 0 aliphatic rings. The number of thiazole rings is 1.